The molecule has 0 radical (unpaired) electrons. The number of nitrogens with zero attached hydrogens (tertiary/aromatic N) is 1. The fourth-order valence-electron chi connectivity index (χ4n) is 2.01. The molecule has 0 aromatic rings. The van der Waals surface area contributed by atoms with Crippen LogP contribution in [0, 0.1) is 5.92 Å². The number of aliphatic hydroxyl groups is 1. The van der Waals surface area contributed by atoms with Crippen molar-refractivity contribution in [3.63, 3.8) is 0 Å². The molecule has 98 valence electrons. The molecule has 0 aromatic heterocycles. The fourth-order valence-corrected chi connectivity index (χ4v) is 2.01. The maximum absolute atomic E-state index is 11.9. The number of likely N-dealkylation sites (tertiary alicyclic amines) is 1. The number of imide groups is 1. The largest absolute Gasteiger partial charge is 0.443 e. The fraction of sp³-hybridized carbons (Fsp3) is 0.833. The van der Waals surface area contributed by atoms with Gasteiger partial charge in [0.1, 0.15) is 5.60 Å². The van der Waals surface area contributed by atoms with Gasteiger partial charge in [0.2, 0.25) is 5.91 Å². The Kier molecular flexibility index (Phi) is 3.81. The van der Waals surface area contributed by atoms with Gasteiger partial charge in [0.25, 0.3) is 0 Å². The second-order valence-corrected chi connectivity index (χ2v) is 5.75. The number of carbonyl (C=O) groups excluding carboxylic acids is 2. The summed E-state index contributed by atoms with van der Waals surface area (Å²) in [6.45, 7) is 8.96. The number of carbonyl (C=O) groups is 2. The standard InChI is InChI=1S/C12H21NO4/c1-7(2)10-8(14)6-9(15)13(10)11(16)17-12(3,4)5/h7-8,10,14H,6H2,1-5H3/t8-,10-/m1/s1. The SMILES string of the molecule is CC(C)[C@@H]1[C@H](O)CC(=O)N1C(=O)OC(C)(C)C. The van der Waals surface area contributed by atoms with E-state index in [1.807, 2.05) is 13.8 Å². The van der Waals surface area contributed by atoms with Crippen LogP contribution in [0.25, 0.3) is 0 Å². The van der Waals surface area contributed by atoms with Gasteiger partial charge in [0.15, 0.2) is 0 Å². The Morgan fingerprint density at radius 3 is 2.41 bits per heavy atom. The third kappa shape index (κ3) is 3.19. The lowest BCUT2D eigenvalue weighted by atomic mass is 10.00. The van der Waals surface area contributed by atoms with E-state index in [-0.39, 0.29) is 18.2 Å². The number of hydrogen-bond acceptors (Lipinski definition) is 4. The molecule has 0 aromatic carbocycles. The van der Waals surface area contributed by atoms with Gasteiger partial charge in [-0.3, -0.25) is 4.79 Å². The first kappa shape index (κ1) is 14.0. The van der Waals surface area contributed by atoms with Crippen LogP contribution in [-0.2, 0) is 9.53 Å². The highest BCUT2D eigenvalue weighted by Gasteiger charge is 2.45. The summed E-state index contributed by atoms with van der Waals surface area (Å²) in [5.74, 6) is -0.366. The zero-order chi connectivity index (χ0) is 13.4. The summed E-state index contributed by atoms with van der Waals surface area (Å²) in [5, 5.41) is 9.78. The molecular weight excluding hydrogens is 222 g/mol. The van der Waals surface area contributed by atoms with E-state index < -0.39 is 23.8 Å². The predicted molar refractivity (Wildman–Crippen MR) is 62.3 cm³/mol. The predicted octanol–water partition coefficient (Wildman–Crippen LogP) is 1.54. The average molecular weight is 243 g/mol. The lowest BCUT2D eigenvalue weighted by molar-refractivity contribution is -0.128. The van der Waals surface area contributed by atoms with Crippen LogP contribution in [0.15, 0.2) is 0 Å². The average Bonchev–Trinajstić information content (AvgIpc) is 2.37. The van der Waals surface area contributed by atoms with Gasteiger partial charge in [-0.2, -0.15) is 0 Å². The monoisotopic (exact) mass is 243 g/mol. The zero-order valence-corrected chi connectivity index (χ0v) is 11.1. The van der Waals surface area contributed by atoms with Crippen molar-refractivity contribution >= 4 is 12.0 Å². The normalized spacial score (nSPS) is 25.6. The van der Waals surface area contributed by atoms with Gasteiger partial charge in [-0.1, -0.05) is 13.8 Å². The molecule has 1 aliphatic heterocycles. The van der Waals surface area contributed by atoms with Crippen molar-refractivity contribution < 1.29 is 19.4 Å². The lowest BCUT2D eigenvalue weighted by Gasteiger charge is -2.30. The van der Waals surface area contributed by atoms with Gasteiger partial charge in [0.05, 0.1) is 18.6 Å². The summed E-state index contributed by atoms with van der Waals surface area (Å²) in [5.41, 5.74) is -0.646. The summed E-state index contributed by atoms with van der Waals surface area (Å²) in [7, 11) is 0. The van der Waals surface area contributed by atoms with Gasteiger partial charge in [0, 0.05) is 0 Å². The third-order valence-corrected chi connectivity index (χ3v) is 2.62. The van der Waals surface area contributed by atoms with Crippen LogP contribution in [0.3, 0.4) is 0 Å². The molecule has 1 N–H and O–H groups in total. The molecule has 0 saturated carbocycles. The van der Waals surface area contributed by atoms with E-state index in [9.17, 15) is 14.7 Å². The molecule has 5 heteroatoms. The van der Waals surface area contributed by atoms with E-state index in [1.165, 1.54) is 0 Å². The summed E-state index contributed by atoms with van der Waals surface area (Å²) in [6.07, 6.45) is -1.48. The number of aliphatic hydroxyl groups excluding tert-OH is 1. The maximum Gasteiger partial charge on any atom is 0.417 e. The van der Waals surface area contributed by atoms with Crippen molar-refractivity contribution in [3.8, 4) is 0 Å². The molecule has 5 nitrogen and oxygen atoms in total. The highest BCUT2D eigenvalue weighted by molar-refractivity contribution is 5.94. The third-order valence-electron chi connectivity index (χ3n) is 2.62. The molecule has 0 unspecified atom stereocenters. The summed E-state index contributed by atoms with van der Waals surface area (Å²) >= 11 is 0. The Morgan fingerprint density at radius 1 is 1.47 bits per heavy atom. The van der Waals surface area contributed by atoms with E-state index in [1.54, 1.807) is 20.8 Å². The van der Waals surface area contributed by atoms with Crippen LogP contribution in [0.1, 0.15) is 41.0 Å². The number of rotatable bonds is 1. The topological polar surface area (TPSA) is 66.8 Å². The van der Waals surface area contributed by atoms with Gasteiger partial charge < -0.3 is 9.84 Å². The highest BCUT2D eigenvalue weighted by atomic mass is 16.6. The summed E-state index contributed by atoms with van der Waals surface area (Å²) in [6, 6.07) is -0.489. The summed E-state index contributed by atoms with van der Waals surface area (Å²) in [4.78, 5) is 24.7. The lowest BCUT2D eigenvalue weighted by Crippen LogP contribution is -2.46. The van der Waals surface area contributed by atoms with E-state index in [0.29, 0.717) is 0 Å². The van der Waals surface area contributed by atoms with Gasteiger partial charge in [-0.05, 0) is 26.7 Å². The minimum absolute atomic E-state index is 0.00367. The maximum atomic E-state index is 11.9. The smallest absolute Gasteiger partial charge is 0.417 e. The van der Waals surface area contributed by atoms with E-state index in [0.717, 1.165) is 4.90 Å². The first-order valence-corrected chi connectivity index (χ1v) is 5.86. The van der Waals surface area contributed by atoms with Crippen molar-refractivity contribution in [2.24, 2.45) is 5.92 Å². The zero-order valence-electron chi connectivity index (χ0n) is 11.1. The molecule has 0 aliphatic carbocycles. The molecule has 0 spiro atoms. The van der Waals surface area contributed by atoms with Gasteiger partial charge >= 0.3 is 6.09 Å². The molecule has 1 rings (SSSR count). The molecule has 17 heavy (non-hydrogen) atoms. The Hall–Kier alpha value is -1.10. The second kappa shape index (κ2) is 4.64. The Morgan fingerprint density at radius 2 is 2.00 bits per heavy atom. The highest BCUT2D eigenvalue weighted by Crippen LogP contribution is 2.27. The van der Waals surface area contributed by atoms with Crippen LogP contribution in [0.2, 0.25) is 0 Å². The van der Waals surface area contributed by atoms with Crippen molar-refractivity contribution in [1.29, 1.82) is 0 Å². The van der Waals surface area contributed by atoms with Crippen molar-refractivity contribution in [3.05, 3.63) is 0 Å². The Labute approximate surface area is 102 Å². The van der Waals surface area contributed by atoms with Crippen LogP contribution in [0.5, 0.6) is 0 Å². The Balaban J connectivity index is 2.86. The van der Waals surface area contributed by atoms with Gasteiger partial charge in [-0.15, -0.1) is 0 Å². The molecule has 1 heterocycles. The summed E-state index contributed by atoms with van der Waals surface area (Å²) < 4.78 is 5.18. The van der Waals surface area contributed by atoms with Crippen molar-refractivity contribution in [2.75, 3.05) is 0 Å². The molecule has 1 aliphatic rings. The molecule has 2 atom stereocenters. The van der Waals surface area contributed by atoms with Crippen LogP contribution >= 0.6 is 0 Å². The number of hydrogen-bond donors (Lipinski definition) is 1. The van der Waals surface area contributed by atoms with E-state index in [4.69, 9.17) is 4.74 Å². The van der Waals surface area contributed by atoms with Crippen molar-refractivity contribution in [1.82, 2.24) is 4.90 Å². The first-order valence-electron chi connectivity index (χ1n) is 5.86. The number of ether oxygens (including phenoxy) is 1. The molecule has 0 bridgehead atoms. The molecule has 2 amide bonds. The quantitative estimate of drug-likeness (QED) is 0.758. The minimum atomic E-state index is -0.796. The van der Waals surface area contributed by atoms with E-state index >= 15 is 0 Å². The van der Waals surface area contributed by atoms with E-state index in [2.05, 4.69) is 0 Å². The molecular formula is C12H21NO4. The van der Waals surface area contributed by atoms with Crippen LogP contribution < -0.4 is 0 Å². The second-order valence-electron chi connectivity index (χ2n) is 5.75. The van der Waals surface area contributed by atoms with Crippen LogP contribution in [-0.4, -0.2) is 39.8 Å². The molecule has 1 fully saturated rings. The van der Waals surface area contributed by atoms with Crippen molar-refractivity contribution in [2.45, 2.75) is 58.8 Å². The van der Waals surface area contributed by atoms with Crippen LogP contribution in [0.4, 0.5) is 4.79 Å². The minimum Gasteiger partial charge on any atom is -0.443 e. The Bertz CT molecular complexity index is 319. The first-order chi connectivity index (χ1) is 7.63. The number of amides is 2. The van der Waals surface area contributed by atoms with Gasteiger partial charge in [-0.25, -0.2) is 9.69 Å². The molecule has 1 saturated heterocycles.